The molecule has 0 aliphatic carbocycles. The number of carboxylic acid groups (broad SMARTS) is 1. The Bertz CT molecular complexity index is 683. The number of aryl methyl sites for hydroxylation is 2. The lowest BCUT2D eigenvalue weighted by Gasteiger charge is -2.30. The standard InChI is InChI=1S/C17H20N2O2S/c1-11-5-3-6-13(18-11)16(15-9-8-12(2)22-15)19-10-4-7-14(19)17(20)21/h3,5-6,8-9,14,16H,4,7,10H2,1-2H3,(H,20,21). The molecular weight excluding hydrogens is 296 g/mol. The fraction of sp³-hybridized carbons (Fsp3) is 0.412. The third-order valence-electron chi connectivity index (χ3n) is 4.13. The van der Waals surface area contributed by atoms with Gasteiger partial charge in [-0.3, -0.25) is 14.7 Å². The largest absolute Gasteiger partial charge is 0.480 e. The van der Waals surface area contributed by atoms with E-state index in [9.17, 15) is 9.90 Å². The number of hydrogen-bond donors (Lipinski definition) is 1. The maximum Gasteiger partial charge on any atom is 0.320 e. The maximum atomic E-state index is 11.6. The van der Waals surface area contributed by atoms with Gasteiger partial charge < -0.3 is 5.11 Å². The first-order chi connectivity index (χ1) is 10.6. The molecule has 1 fully saturated rings. The first-order valence-corrected chi connectivity index (χ1v) is 8.36. The fourth-order valence-electron chi connectivity index (χ4n) is 3.16. The Morgan fingerprint density at radius 2 is 2.18 bits per heavy atom. The lowest BCUT2D eigenvalue weighted by molar-refractivity contribution is -0.142. The summed E-state index contributed by atoms with van der Waals surface area (Å²) in [6, 6.07) is 9.68. The van der Waals surface area contributed by atoms with Crippen molar-refractivity contribution in [3.8, 4) is 0 Å². The van der Waals surface area contributed by atoms with E-state index >= 15 is 0 Å². The summed E-state index contributed by atoms with van der Waals surface area (Å²) in [6.07, 6.45) is 1.63. The number of aromatic nitrogens is 1. The van der Waals surface area contributed by atoms with Crippen LogP contribution >= 0.6 is 11.3 Å². The van der Waals surface area contributed by atoms with E-state index < -0.39 is 12.0 Å². The van der Waals surface area contributed by atoms with E-state index in [1.54, 1.807) is 11.3 Å². The summed E-state index contributed by atoms with van der Waals surface area (Å²) in [4.78, 5) is 20.8. The van der Waals surface area contributed by atoms with Gasteiger partial charge in [-0.2, -0.15) is 0 Å². The molecule has 5 heteroatoms. The van der Waals surface area contributed by atoms with Gasteiger partial charge in [0.2, 0.25) is 0 Å². The molecule has 2 atom stereocenters. The number of carbonyl (C=O) groups is 1. The highest BCUT2D eigenvalue weighted by atomic mass is 32.1. The molecule has 3 heterocycles. The average molecular weight is 316 g/mol. The Hall–Kier alpha value is -1.72. The second-order valence-electron chi connectivity index (χ2n) is 5.79. The van der Waals surface area contributed by atoms with Crippen molar-refractivity contribution < 1.29 is 9.90 Å². The van der Waals surface area contributed by atoms with Gasteiger partial charge in [-0.1, -0.05) is 6.07 Å². The minimum absolute atomic E-state index is 0.0674. The minimum atomic E-state index is -0.733. The molecule has 1 aliphatic rings. The molecule has 1 aliphatic heterocycles. The molecule has 116 valence electrons. The number of nitrogens with zero attached hydrogens (tertiary/aromatic N) is 2. The molecular formula is C17H20N2O2S. The van der Waals surface area contributed by atoms with Crippen LogP contribution in [0.15, 0.2) is 30.3 Å². The van der Waals surface area contributed by atoms with Crippen molar-refractivity contribution in [3.63, 3.8) is 0 Å². The van der Waals surface area contributed by atoms with Gasteiger partial charge >= 0.3 is 5.97 Å². The SMILES string of the molecule is Cc1cccc(C(c2ccc(C)s2)N2CCCC2C(=O)O)n1. The number of hydrogen-bond acceptors (Lipinski definition) is 4. The molecule has 2 aromatic heterocycles. The number of rotatable bonds is 4. The van der Waals surface area contributed by atoms with Crippen molar-refractivity contribution in [1.29, 1.82) is 0 Å². The minimum Gasteiger partial charge on any atom is -0.480 e. The van der Waals surface area contributed by atoms with Gasteiger partial charge in [0.15, 0.2) is 0 Å². The third-order valence-corrected chi connectivity index (χ3v) is 5.18. The Morgan fingerprint density at radius 1 is 1.36 bits per heavy atom. The van der Waals surface area contributed by atoms with Gasteiger partial charge in [0.1, 0.15) is 6.04 Å². The molecule has 4 nitrogen and oxygen atoms in total. The number of pyridine rings is 1. The zero-order valence-corrected chi connectivity index (χ0v) is 13.6. The van der Waals surface area contributed by atoms with Crippen molar-refractivity contribution in [3.05, 3.63) is 51.5 Å². The van der Waals surface area contributed by atoms with Crippen molar-refractivity contribution >= 4 is 17.3 Å². The van der Waals surface area contributed by atoms with Crippen LogP contribution in [-0.2, 0) is 4.79 Å². The summed E-state index contributed by atoms with van der Waals surface area (Å²) < 4.78 is 0. The second kappa shape index (κ2) is 6.18. The predicted octanol–water partition coefficient (Wildman–Crippen LogP) is 3.40. The van der Waals surface area contributed by atoms with Gasteiger partial charge in [-0.15, -0.1) is 11.3 Å². The normalized spacial score (nSPS) is 20.2. The van der Waals surface area contributed by atoms with E-state index in [0.29, 0.717) is 6.42 Å². The molecule has 0 saturated carbocycles. The van der Waals surface area contributed by atoms with Crippen LogP contribution in [0.5, 0.6) is 0 Å². The third kappa shape index (κ3) is 2.91. The summed E-state index contributed by atoms with van der Waals surface area (Å²) >= 11 is 1.72. The Balaban J connectivity index is 2.05. The molecule has 2 aromatic rings. The zero-order valence-electron chi connectivity index (χ0n) is 12.8. The van der Waals surface area contributed by atoms with E-state index in [4.69, 9.17) is 0 Å². The van der Waals surface area contributed by atoms with Crippen LogP contribution in [0.1, 0.15) is 40.0 Å². The van der Waals surface area contributed by atoms with Crippen LogP contribution in [0.25, 0.3) is 0 Å². The molecule has 22 heavy (non-hydrogen) atoms. The van der Waals surface area contributed by atoms with Crippen LogP contribution in [0, 0.1) is 13.8 Å². The molecule has 2 unspecified atom stereocenters. The lowest BCUT2D eigenvalue weighted by Crippen LogP contribution is -2.39. The summed E-state index contributed by atoms with van der Waals surface area (Å²) in [5.41, 5.74) is 1.90. The van der Waals surface area contributed by atoms with Crippen LogP contribution in [0.2, 0.25) is 0 Å². The highest BCUT2D eigenvalue weighted by molar-refractivity contribution is 7.12. The van der Waals surface area contributed by atoms with E-state index in [0.717, 1.165) is 24.4 Å². The van der Waals surface area contributed by atoms with Crippen LogP contribution in [0.4, 0.5) is 0 Å². The molecule has 0 amide bonds. The van der Waals surface area contributed by atoms with Gasteiger partial charge in [-0.05, 0) is 51.0 Å². The predicted molar refractivity (Wildman–Crippen MR) is 87.2 cm³/mol. The quantitative estimate of drug-likeness (QED) is 0.939. The molecule has 1 saturated heterocycles. The number of thiophene rings is 1. The van der Waals surface area contributed by atoms with Gasteiger partial charge in [0, 0.05) is 22.0 Å². The lowest BCUT2D eigenvalue weighted by atomic mass is 10.1. The summed E-state index contributed by atoms with van der Waals surface area (Å²) in [5, 5.41) is 9.53. The summed E-state index contributed by atoms with van der Waals surface area (Å²) in [5.74, 6) is -0.733. The van der Waals surface area contributed by atoms with E-state index in [-0.39, 0.29) is 6.04 Å². The molecule has 3 rings (SSSR count). The van der Waals surface area contributed by atoms with Crippen molar-refractivity contribution in [2.45, 2.75) is 38.8 Å². The molecule has 0 bridgehead atoms. The highest BCUT2D eigenvalue weighted by Gasteiger charge is 2.37. The maximum absolute atomic E-state index is 11.6. The zero-order chi connectivity index (χ0) is 15.7. The highest BCUT2D eigenvalue weighted by Crippen LogP contribution is 2.37. The monoisotopic (exact) mass is 316 g/mol. The number of carboxylic acids is 1. The van der Waals surface area contributed by atoms with Crippen LogP contribution < -0.4 is 0 Å². The number of aliphatic carboxylic acids is 1. The summed E-state index contributed by atoms with van der Waals surface area (Å²) in [6.45, 7) is 4.85. The van der Waals surface area contributed by atoms with Crippen molar-refractivity contribution in [2.75, 3.05) is 6.54 Å². The van der Waals surface area contributed by atoms with Gasteiger partial charge in [-0.25, -0.2) is 0 Å². The van der Waals surface area contributed by atoms with Gasteiger partial charge in [0.25, 0.3) is 0 Å². The Labute approximate surface area is 134 Å². The fourth-order valence-corrected chi connectivity index (χ4v) is 4.17. The molecule has 1 N–H and O–H groups in total. The Morgan fingerprint density at radius 3 is 2.82 bits per heavy atom. The van der Waals surface area contributed by atoms with Crippen LogP contribution in [0.3, 0.4) is 0 Å². The topological polar surface area (TPSA) is 53.4 Å². The summed E-state index contributed by atoms with van der Waals surface area (Å²) in [7, 11) is 0. The van der Waals surface area contributed by atoms with E-state index in [1.807, 2.05) is 25.1 Å². The van der Waals surface area contributed by atoms with Crippen molar-refractivity contribution in [1.82, 2.24) is 9.88 Å². The first kappa shape index (κ1) is 15.2. The molecule has 0 spiro atoms. The van der Waals surface area contributed by atoms with Crippen molar-refractivity contribution in [2.24, 2.45) is 0 Å². The smallest absolute Gasteiger partial charge is 0.320 e. The average Bonchev–Trinajstić information content (AvgIpc) is 3.09. The molecule has 0 radical (unpaired) electrons. The van der Waals surface area contributed by atoms with Gasteiger partial charge in [0.05, 0.1) is 11.7 Å². The molecule has 0 aromatic carbocycles. The number of likely N-dealkylation sites (tertiary alicyclic amines) is 1. The Kier molecular flexibility index (Phi) is 4.27. The van der Waals surface area contributed by atoms with E-state index in [2.05, 4.69) is 28.9 Å². The van der Waals surface area contributed by atoms with Crippen LogP contribution in [-0.4, -0.2) is 33.5 Å². The second-order valence-corrected chi connectivity index (χ2v) is 7.11. The first-order valence-electron chi connectivity index (χ1n) is 7.54. The van der Waals surface area contributed by atoms with E-state index in [1.165, 1.54) is 9.75 Å².